The molecule has 0 aromatic heterocycles. The quantitative estimate of drug-likeness (QED) is 0.202. The molecule has 0 radical (unpaired) electrons. The van der Waals surface area contributed by atoms with E-state index >= 15 is 0 Å². The van der Waals surface area contributed by atoms with E-state index in [0.29, 0.717) is 10.7 Å². The first-order valence-corrected chi connectivity index (χ1v) is 14.5. The first kappa shape index (κ1) is 33.9. The maximum Gasteiger partial charge on any atom is 0.416 e. The molecule has 2 aromatic carbocycles. The third-order valence-corrected chi connectivity index (χ3v) is 8.24. The van der Waals surface area contributed by atoms with Crippen LogP contribution in [0.15, 0.2) is 54.1 Å². The lowest BCUT2D eigenvalue weighted by Gasteiger charge is -2.41. The molecule has 0 spiro atoms. The Balaban J connectivity index is 1.96. The summed E-state index contributed by atoms with van der Waals surface area (Å²) in [6, 6.07) is 10.7. The van der Waals surface area contributed by atoms with E-state index in [1.54, 1.807) is 23.8 Å². The van der Waals surface area contributed by atoms with Gasteiger partial charge in [-0.2, -0.15) is 39.1 Å². The summed E-state index contributed by atoms with van der Waals surface area (Å²) in [5, 5.41) is 1.92. The minimum Gasteiger partial charge on any atom is -0.494 e. The fraction of sp³-hybridized carbons (Fsp3) is 0.429. The number of carbonyl (C=O) groups excluding carboxylic acids is 2. The first-order chi connectivity index (χ1) is 19.9. The van der Waals surface area contributed by atoms with Crippen molar-refractivity contribution < 1.29 is 49.1 Å². The summed E-state index contributed by atoms with van der Waals surface area (Å²) in [4.78, 5) is 26.3. The lowest BCUT2D eigenvalue weighted by molar-refractivity contribution is -0.201. The first-order valence-electron chi connectivity index (χ1n) is 13.1. The molecule has 1 aliphatic heterocycles. The highest BCUT2D eigenvalue weighted by molar-refractivity contribution is 7.87. The highest BCUT2D eigenvalue weighted by Crippen LogP contribution is 2.48. The van der Waals surface area contributed by atoms with E-state index in [9.17, 15) is 44.3 Å². The summed E-state index contributed by atoms with van der Waals surface area (Å²) in [6.45, 7) is 1.78. The van der Waals surface area contributed by atoms with Crippen molar-refractivity contribution in [3.63, 3.8) is 0 Å². The molecule has 1 aliphatic rings. The molecule has 2 N–H and O–H groups in total. The Morgan fingerprint density at radius 3 is 2.12 bits per heavy atom. The Bertz CT molecular complexity index is 1450. The average molecular weight is 636 g/mol. The molecule has 15 heteroatoms. The van der Waals surface area contributed by atoms with Crippen molar-refractivity contribution in [1.82, 2.24) is 14.3 Å². The van der Waals surface area contributed by atoms with E-state index in [1.165, 1.54) is 24.3 Å². The van der Waals surface area contributed by atoms with Gasteiger partial charge in [0.05, 0.1) is 6.61 Å². The standard InChI is InChI=1S/C28H31F6N3O5S/c1-18-7-9-19(10-8-18)22-17-26(28(32,33)34,35-24(38)23(22)25(39)36-43(40,41)37(2)3)20-11-13-21(14-12-20)42-16-6-4-5-15-27(29,30)31/h7-14H,4-6,15-17H2,1-3H3,(H,35,38)(H,36,39). The summed E-state index contributed by atoms with van der Waals surface area (Å²) >= 11 is 0. The van der Waals surface area contributed by atoms with Gasteiger partial charge in [-0.15, -0.1) is 0 Å². The zero-order chi connectivity index (χ0) is 32.2. The van der Waals surface area contributed by atoms with Crippen molar-refractivity contribution in [1.29, 1.82) is 0 Å². The highest BCUT2D eigenvalue weighted by atomic mass is 32.2. The van der Waals surface area contributed by atoms with Crippen LogP contribution >= 0.6 is 0 Å². The zero-order valence-electron chi connectivity index (χ0n) is 23.5. The monoisotopic (exact) mass is 635 g/mol. The Kier molecular flexibility index (Phi) is 10.2. The summed E-state index contributed by atoms with van der Waals surface area (Å²) in [5.74, 6) is -2.65. The van der Waals surface area contributed by atoms with Gasteiger partial charge >= 0.3 is 22.6 Å². The number of hydrogen-bond acceptors (Lipinski definition) is 5. The van der Waals surface area contributed by atoms with Crippen LogP contribution in [0.3, 0.4) is 0 Å². The third kappa shape index (κ3) is 8.28. The SMILES string of the molecule is Cc1ccc(C2=C(C(=O)NS(=O)(=O)N(C)C)C(=O)NC(c3ccc(OCCCCCC(F)(F)F)cc3)(C(F)(F)F)C2)cc1. The maximum absolute atomic E-state index is 14.9. The van der Waals surface area contributed by atoms with Gasteiger partial charge in [-0.05, 0) is 55.0 Å². The normalized spacial score (nSPS) is 18.0. The molecule has 1 unspecified atom stereocenters. The third-order valence-electron chi connectivity index (χ3n) is 6.83. The Morgan fingerprint density at radius 1 is 0.977 bits per heavy atom. The van der Waals surface area contributed by atoms with Crippen molar-refractivity contribution in [2.75, 3.05) is 20.7 Å². The number of rotatable bonds is 11. The van der Waals surface area contributed by atoms with Crippen LogP contribution in [0.1, 0.15) is 48.8 Å². The van der Waals surface area contributed by atoms with E-state index in [2.05, 4.69) is 0 Å². The molecule has 0 saturated heterocycles. The van der Waals surface area contributed by atoms with E-state index in [1.807, 2.05) is 5.32 Å². The summed E-state index contributed by atoms with van der Waals surface area (Å²) in [5.41, 5.74) is -3.59. The second-order valence-electron chi connectivity index (χ2n) is 10.3. The van der Waals surface area contributed by atoms with Crippen LogP contribution in [-0.4, -0.2) is 57.6 Å². The van der Waals surface area contributed by atoms with Gasteiger partial charge in [0.2, 0.25) is 0 Å². The topological polar surface area (TPSA) is 105 Å². The minimum atomic E-state index is -5.07. The predicted molar refractivity (Wildman–Crippen MR) is 146 cm³/mol. The number of carbonyl (C=O) groups is 2. The molecular formula is C28H31F6N3O5S. The molecule has 1 atom stereocenters. The van der Waals surface area contributed by atoms with Crippen LogP contribution in [-0.2, 0) is 25.3 Å². The maximum atomic E-state index is 14.9. The van der Waals surface area contributed by atoms with Crippen molar-refractivity contribution in [2.45, 2.75) is 56.9 Å². The number of alkyl halides is 6. The molecule has 236 valence electrons. The Morgan fingerprint density at radius 2 is 1.58 bits per heavy atom. The number of unbranched alkanes of at least 4 members (excludes halogenated alkanes) is 2. The lowest BCUT2D eigenvalue weighted by Crippen LogP contribution is -2.60. The number of hydrogen-bond donors (Lipinski definition) is 2. The second kappa shape index (κ2) is 13.0. The van der Waals surface area contributed by atoms with E-state index in [0.717, 1.165) is 31.8 Å². The summed E-state index contributed by atoms with van der Waals surface area (Å²) in [7, 11) is -2.13. The fourth-order valence-corrected chi connectivity index (χ4v) is 4.95. The fourth-order valence-electron chi connectivity index (χ4n) is 4.43. The number of halogens is 6. The molecule has 3 rings (SSSR count). The molecule has 8 nitrogen and oxygen atoms in total. The average Bonchev–Trinajstić information content (AvgIpc) is 2.89. The number of ether oxygens (including phenoxy) is 1. The van der Waals surface area contributed by atoms with Gasteiger partial charge in [0.1, 0.15) is 11.3 Å². The van der Waals surface area contributed by atoms with Crippen LogP contribution in [0, 0.1) is 6.92 Å². The molecule has 2 aromatic rings. The van der Waals surface area contributed by atoms with Crippen molar-refractivity contribution in [3.8, 4) is 5.75 Å². The van der Waals surface area contributed by atoms with Crippen LogP contribution in [0.2, 0.25) is 0 Å². The molecule has 43 heavy (non-hydrogen) atoms. The van der Waals surface area contributed by atoms with Gasteiger partial charge in [0.25, 0.3) is 11.8 Å². The van der Waals surface area contributed by atoms with Crippen LogP contribution in [0.5, 0.6) is 5.75 Å². The zero-order valence-corrected chi connectivity index (χ0v) is 24.3. The molecule has 0 saturated carbocycles. The van der Waals surface area contributed by atoms with Gasteiger partial charge < -0.3 is 10.1 Å². The molecule has 0 bridgehead atoms. The number of nitrogens with zero attached hydrogens (tertiary/aromatic N) is 1. The second-order valence-corrected chi connectivity index (χ2v) is 12.2. The lowest BCUT2D eigenvalue weighted by atomic mass is 9.76. The van der Waals surface area contributed by atoms with Gasteiger partial charge in [-0.25, -0.2) is 4.72 Å². The summed E-state index contributed by atoms with van der Waals surface area (Å²) < 4.78 is 114. The van der Waals surface area contributed by atoms with E-state index < -0.39 is 58.3 Å². The van der Waals surface area contributed by atoms with E-state index in [4.69, 9.17) is 4.74 Å². The molecular weight excluding hydrogens is 604 g/mol. The van der Waals surface area contributed by atoms with Crippen molar-refractivity contribution >= 4 is 27.6 Å². The van der Waals surface area contributed by atoms with Crippen molar-refractivity contribution in [3.05, 3.63) is 70.8 Å². The summed E-state index contributed by atoms with van der Waals surface area (Å²) in [6.07, 6.45) is -10.7. The number of aryl methyl sites for hydroxylation is 1. The Labute approximate surface area is 245 Å². The highest BCUT2D eigenvalue weighted by Gasteiger charge is 2.60. The van der Waals surface area contributed by atoms with E-state index in [-0.39, 0.29) is 41.9 Å². The van der Waals surface area contributed by atoms with Gasteiger partial charge in [0, 0.05) is 26.9 Å². The number of amides is 2. The minimum absolute atomic E-state index is 0.0486. The van der Waals surface area contributed by atoms with Crippen LogP contribution < -0.4 is 14.8 Å². The molecule has 0 aliphatic carbocycles. The van der Waals surface area contributed by atoms with Crippen molar-refractivity contribution in [2.24, 2.45) is 0 Å². The molecule has 2 amide bonds. The number of nitrogens with one attached hydrogen (secondary N) is 2. The number of benzene rings is 2. The van der Waals surface area contributed by atoms with Gasteiger partial charge in [-0.3, -0.25) is 9.59 Å². The molecule has 1 heterocycles. The van der Waals surface area contributed by atoms with Gasteiger partial charge in [0.15, 0.2) is 5.54 Å². The largest absolute Gasteiger partial charge is 0.494 e. The van der Waals surface area contributed by atoms with Gasteiger partial charge in [-0.1, -0.05) is 42.0 Å². The predicted octanol–water partition coefficient (Wildman–Crippen LogP) is 5.15. The van der Waals surface area contributed by atoms with Crippen LogP contribution in [0.25, 0.3) is 5.57 Å². The van der Waals surface area contributed by atoms with Crippen LogP contribution in [0.4, 0.5) is 26.3 Å². The molecule has 0 fully saturated rings. The Hall–Kier alpha value is -3.59. The smallest absolute Gasteiger partial charge is 0.416 e.